The molecule has 2 aromatic rings. The Hall–Kier alpha value is -3.04. The summed E-state index contributed by atoms with van der Waals surface area (Å²) in [5.74, 6) is 1.90. The van der Waals surface area contributed by atoms with Crippen LogP contribution in [-0.4, -0.2) is 53.8 Å². The number of aliphatic imine (C=N–C) groups is 1. The van der Waals surface area contributed by atoms with E-state index in [1.54, 1.807) is 18.5 Å². The summed E-state index contributed by atoms with van der Waals surface area (Å²) in [7, 11) is 5.33. The number of anilines is 1. The number of rotatable bonds is 14. The lowest BCUT2D eigenvalue weighted by Crippen LogP contribution is -2.36. The number of nitrogens with one attached hydrogen (secondary N) is 2. The molecule has 192 valence electrons. The van der Waals surface area contributed by atoms with Crippen molar-refractivity contribution >= 4 is 22.9 Å². The number of nitrogens with two attached hydrogens (primary N) is 1. The van der Waals surface area contributed by atoms with E-state index in [1.165, 1.54) is 12.8 Å². The highest BCUT2D eigenvalue weighted by molar-refractivity contribution is 5.78. The molecule has 0 amide bonds. The molecule has 1 heterocycles. The van der Waals surface area contributed by atoms with Crippen molar-refractivity contribution in [2.75, 3.05) is 33.5 Å². The molecule has 0 saturated heterocycles. The Morgan fingerprint density at radius 3 is 2.83 bits per heavy atom. The molecule has 3 rings (SSSR count). The monoisotopic (exact) mass is 483 g/mol. The van der Waals surface area contributed by atoms with E-state index in [9.17, 15) is 0 Å². The van der Waals surface area contributed by atoms with E-state index in [0.717, 1.165) is 48.5 Å². The van der Waals surface area contributed by atoms with Crippen LogP contribution in [0.1, 0.15) is 46.0 Å². The molecule has 1 aromatic carbocycles. The molecule has 0 unspecified atom stereocenters. The zero-order valence-corrected chi connectivity index (χ0v) is 21.8. The number of hydrazine groups is 1. The number of ether oxygens (including phenoxy) is 1. The highest BCUT2D eigenvalue weighted by Crippen LogP contribution is 2.40. The second kappa shape index (κ2) is 12.6. The quantitative estimate of drug-likeness (QED) is 0.121. The maximum atomic E-state index is 8.42. The zero-order valence-electron chi connectivity index (χ0n) is 21.8. The summed E-state index contributed by atoms with van der Waals surface area (Å²) in [4.78, 5) is 12.9. The summed E-state index contributed by atoms with van der Waals surface area (Å²) < 4.78 is 8.23. The summed E-state index contributed by atoms with van der Waals surface area (Å²) in [6.45, 7) is 5.51. The smallest absolute Gasteiger partial charge is 0.207 e. The van der Waals surface area contributed by atoms with Crippen LogP contribution in [-0.2, 0) is 16.1 Å². The molecule has 1 aliphatic carbocycles. The molecule has 35 heavy (non-hydrogen) atoms. The van der Waals surface area contributed by atoms with Gasteiger partial charge in [0.25, 0.3) is 0 Å². The fraction of sp³-hybridized carbons (Fsp3) is 0.538. The van der Waals surface area contributed by atoms with Crippen LogP contribution in [0.15, 0.2) is 46.9 Å². The van der Waals surface area contributed by atoms with Crippen molar-refractivity contribution < 1.29 is 9.57 Å². The number of benzene rings is 1. The SMILES string of the molecule is CC\C=C(C)/N=C/C=C(\OCCC[C@H](Cn1c(=N)[nH]c2cc(N)ccc21)C1CC1)N(C)N(C)OC. The summed E-state index contributed by atoms with van der Waals surface area (Å²) in [6, 6.07) is 5.80. The molecule has 4 N–H and O–H groups in total. The van der Waals surface area contributed by atoms with Crippen LogP contribution in [0.3, 0.4) is 0 Å². The van der Waals surface area contributed by atoms with Crippen molar-refractivity contribution in [3.63, 3.8) is 0 Å². The highest BCUT2D eigenvalue weighted by Gasteiger charge is 2.31. The standard InChI is InChI=1S/C26H41N7O2/c1-6-8-19(2)29-15-14-25(31(3)32(4)34-5)35-16-7-9-21(20-10-11-20)18-33-24-13-12-22(27)17-23(24)30-26(33)28/h8,12-15,17,20-21H,6-7,9-11,16,18,27H2,1-5H3,(H2,28,30)/b19-8-,25-14-,29-15+/t21-/m1/s1. The van der Waals surface area contributed by atoms with E-state index >= 15 is 0 Å². The first-order valence-electron chi connectivity index (χ1n) is 12.4. The topological polar surface area (TPSA) is 108 Å². The Kier molecular flexibility index (Phi) is 9.56. The Morgan fingerprint density at radius 1 is 1.37 bits per heavy atom. The molecule has 9 nitrogen and oxygen atoms in total. The average molecular weight is 484 g/mol. The third-order valence-corrected chi connectivity index (χ3v) is 6.51. The average Bonchev–Trinajstić information content (AvgIpc) is 3.63. The first-order chi connectivity index (χ1) is 16.8. The molecular formula is C26H41N7O2. The molecule has 0 aliphatic heterocycles. The van der Waals surface area contributed by atoms with Gasteiger partial charge in [-0.2, -0.15) is 0 Å². The van der Waals surface area contributed by atoms with Gasteiger partial charge >= 0.3 is 0 Å². The number of hydroxylamine groups is 1. The molecule has 1 aliphatic rings. The van der Waals surface area contributed by atoms with Crippen LogP contribution in [0.2, 0.25) is 0 Å². The van der Waals surface area contributed by atoms with E-state index in [4.69, 9.17) is 20.7 Å². The fourth-order valence-corrected chi connectivity index (χ4v) is 4.27. The second-order valence-electron chi connectivity index (χ2n) is 9.16. The van der Waals surface area contributed by atoms with E-state index < -0.39 is 0 Å². The molecule has 0 bridgehead atoms. The second-order valence-corrected chi connectivity index (χ2v) is 9.16. The minimum atomic E-state index is 0.425. The van der Waals surface area contributed by atoms with Crippen molar-refractivity contribution in [3.8, 4) is 0 Å². The lowest BCUT2D eigenvalue weighted by Gasteiger charge is -2.29. The van der Waals surface area contributed by atoms with Gasteiger partial charge in [-0.15, -0.1) is 5.17 Å². The lowest BCUT2D eigenvalue weighted by atomic mass is 9.97. The minimum absolute atomic E-state index is 0.425. The van der Waals surface area contributed by atoms with Gasteiger partial charge in [0.15, 0.2) is 5.62 Å². The number of aromatic nitrogens is 2. The van der Waals surface area contributed by atoms with Crippen LogP contribution < -0.4 is 11.4 Å². The lowest BCUT2D eigenvalue weighted by molar-refractivity contribution is -0.240. The number of hydrogen-bond acceptors (Lipinski definition) is 7. The number of allylic oxidation sites excluding steroid dienone is 3. The summed E-state index contributed by atoms with van der Waals surface area (Å²) in [5, 5.41) is 11.8. The zero-order chi connectivity index (χ0) is 25.4. The molecule has 1 aromatic heterocycles. The van der Waals surface area contributed by atoms with Crippen LogP contribution in [0.4, 0.5) is 5.69 Å². The van der Waals surface area contributed by atoms with Crippen molar-refractivity contribution in [1.82, 2.24) is 19.7 Å². The van der Waals surface area contributed by atoms with Gasteiger partial charge < -0.3 is 20.0 Å². The van der Waals surface area contributed by atoms with E-state index in [0.29, 0.717) is 29.7 Å². The molecule has 0 radical (unpaired) electrons. The van der Waals surface area contributed by atoms with Crippen molar-refractivity contribution in [2.45, 2.75) is 52.5 Å². The number of aromatic amines is 1. The van der Waals surface area contributed by atoms with Gasteiger partial charge in [0.2, 0.25) is 5.88 Å². The number of imidazole rings is 1. The van der Waals surface area contributed by atoms with E-state index in [1.807, 2.05) is 50.3 Å². The predicted octanol–water partition coefficient (Wildman–Crippen LogP) is 4.42. The van der Waals surface area contributed by atoms with E-state index in [-0.39, 0.29) is 0 Å². The maximum Gasteiger partial charge on any atom is 0.207 e. The summed E-state index contributed by atoms with van der Waals surface area (Å²) in [5.41, 5.74) is 9.98. The van der Waals surface area contributed by atoms with Crippen LogP contribution in [0.5, 0.6) is 0 Å². The molecule has 1 atom stereocenters. The molecule has 9 heteroatoms. The normalized spacial score (nSPS) is 15.9. The van der Waals surface area contributed by atoms with Gasteiger partial charge in [-0.3, -0.25) is 20.2 Å². The Morgan fingerprint density at radius 2 is 2.14 bits per heavy atom. The number of hydrogen-bond donors (Lipinski definition) is 3. The maximum absolute atomic E-state index is 8.42. The number of H-pyrrole nitrogens is 1. The Balaban J connectivity index is 1.62. The number of nitrogen functional groups attached to an aromatic ring is 1. The number of fused-ring (bicyclic) bond motifs is 1. The van der Waals surface area contributed by atoms with E-state index in [2.05, 4.69) is 27.5 Å². The Labute approximate surface area is 208 Å². The Bertz CT molecular complexity index is 1110. The van der Waals surface area contributed by atoms with Crippen molar-refractivity contribution in [3.05, 3.63) is 47.5 Å². The number of nitrogens with zero attached hydrogens (tertiary/aromatic N) is 4. The van der Waals surface area contributed by atoms with Gasteiger partial charge in [-0.05, 0) is 69.1 Å². The molecular weight excluding hydrogens is 442 g/mol. The third-order valence-electron chi connectivity index (χ3n) is 6.51. The van der Waals surface area contributed by atoms with Gasteiger partial charge in [0.05, 0.1) is 24.8 Å². The minimum Gasteiger partial charge on any atom is -0.478 e. The van der Waals surface area contributed by atoms with Gasteiger partial charge in [0, 0.05) is 44.3 Å². The van der Waals surface area contributed by atoms with Gasteiger partial charge in [0.1, 0.15) is 0 Å². The van der Waals surface area contributed by atoms with Gasteiger partial charge in [-0.1, -0.05) is 13.0 Å². The third kappa shape index (κ3) is 7.47. The first kappa shape index (κ1) is 26.6. The molecule has 1 fully saturated rings. The van der Waals surface area contributed by atoms with Crippen LogP contribution >= 0.6 is 0 Å². The van der Waals surface area contributed by atoms with Crippen LogP contribution in [0, 0.1) is 17.2 Å². The highest BCUT2D eigenvalue weighted by atomic mass is 16.7. The fourth-order valence-electron chi connectivity index (χ4n) is 4.27. The first-order valence-corrected chi connectivity index (χ1v) is 12.4. The predicted molar refractivity (Wildman–Crippen MR) is 141 cm³/mol. The largest absolute Gasteiger partial charge is 0.478 e. The van der Waals surface area contributed by atoms with Gasteiger partial charge in [-0.25, -0.2) is 0 Å². The van der Waals surface area contributed by atoms with Crippen molar-refractivity contribution in [1.29, 1.82) is 5.41 Å². The molecule has 1 saturated carbocycles. The van der Waals surface area contributed by atoms with Crippen molar-refractivity contribution in [2.24, 2.45) is 16.8 Å². The van der Waals surface area contributed by atoms with Crippen LogP contribution in [0.25, 0.3) is 11.0 Å². The molecule has 0 spiro atoms. The summed E-state index contributed by atoms with van der Waals surface area (Å²) in [6.07, 6.45) is 11.2. The summed E-state index contributed by atoms with van der Waals surface area (Å²) >= 11 is 0.